The summed E-state index contributed by atoms with van der Waals surface area (Å²) in [5.74, 6) is -0.373. The number of benzene rings is 1. The number of phenolic OH excluding ortho intramolecular Hbond substituents is 1. The van der Waals surface area contributed by atoms with Gasteiger partial charge in [0.25, 0.3) is 0 Å². The normalized spacial score (nSPS) is 9.79. The summed E-state index contributed by atoms with van der Waals surface area (Å²) in [7, 11) is 0. The molecule has 0 spiro atoms. The van der Waals surface area contributed by atoms with Gasteiger partial charge >= 0.3 is 5.69 Å². The van der Waals surface area contributed by atoms with Crippen LogP contribution in [0, 0.1) is 10.1 Å². The molecular weight excluding hydrogens is 184 g/mol. The summed E-state index contributed by atoms with van der Waals surface area (Å²) >= 11 is 0. The summed E-state index contributed by atoms with van der Waals surface area (Å²) in [4.78, 5) is 9.72. The molecule has 1 aromatic rings. The second-order valence-electron chi connectivity index (χ2n) is 2.77. The molecule has 0 radical (unpaired) electrons. The van der Waals surface area contributed by atoms with Gasteiger partial charge in [-0.1, -0.05) is 6.58 Å². The third kappa shape index (κ3) is 1.89. The zero-order valence-electron chi connectivity index (χ0n) is 7.43. The van der Waals surface area contributed by atoms with Crippen molar-refractivity contribution >= 4 is 11.3 Å². The highest BCUT2D eigenvalue weighted by Crippen LogP contribution is 2.28. The van der Waals surface area contributed by atoms with Gasteiger partial charge in [0.05, 0.1) is 4.92 Å². The number of nitrogens with zero attached hydrogens (tertiary/aromatic N) is 1. The monoisotopic (exact) mass is 194 g/mol. The van der Waals surface area contributed by atoms with Gasteiger partial charge < -0.3 is 10.8 Å². The lowest BCUT2D eigenvalue weighted by molar-refractivity contribution is -0.385. The highest BCUT2D eigenvalue weighted by Gasteiger charge is 2.13. The van der Waals surface area contributed by atoms with E-state index in [1.54, 1.807) is 0 Å². The maximum absolute atomic E-state index is 10.4. The summed E-state index contributed by atoms with van der Waals surface area (Å²) in [6, 6.07) is 4.02. The van der Waals surface area contributed by atoms with E-state index < -0.39 is 4.92 Å². The van der Waals surface area contributed by atoms with E-state index >= 15 is 0 Å². The van der Waals surface area contributed by atoms with Gasteiger partial charge in [-0.3, -0.25) is 10.1 Å². The average molecular weight is 194 g/mol. The minimum atomic E-state index is -0.648. The number of nitrogens with two attached hydrogens (primary N) is 1. The molecule has 0 bridgehead atoms. The molecule has 0 fully saturated rings. The van der Waals surface area contributed by atoms with Crippen LogP contribution in [0.2, 0.25) is 0 Å². The van der Waals surface area contributed by atoms with Crippen LogP contribution in [0.25, 0.3) is 5.57 Å². The van der Waals surface area contributed by atoms with Gasteiger partial charge in [0.15, 0.2) is 5.75 Å². The van der Waals surface area contributed by atoms with E-state index in [1.807, 2.05) is 0 Å². The minimum Gasteiger partial charge on any atom is -0.502 e. The smallest absolute Gasteiger partial charge is 0.310 e. The van der Waals surface area contributed by atoms with E-state index in [1.165, 1.54) is 18.2 Å². The first kappa shape index (κ1) is 10.2. The average Bonchev–Trinajstić information content (AvgIpc) is 2.15. The van der Waals surface area contributed by atoms with Crippen molar-refractivity contribution in [2.24, 2.45) is 5.73 Å². The van der Waals surface area contributed by atoms with Crippen LogP contribution in [0.4, 0.5) is 5.69 Å². The van der Waals surface area contributed by atoms with Crippen LogP contribution in [0.1, 0.15) is 5.56 Å². The molecule has 0 heterocycles. The van der Waals surface area contributed by atoms with Gasteiger partial charge in [0.2, 0.25) is 0 Å². The first-order chi connectivity index (χ1) is 6.56. The Hall–Kier alpha value is -1.88. The van der Waals surface area contributed by atoms with Crippen molar-refractivity contribution < 1.29 is 10.0 Å². The number of hydrogen-bond donors (Lipinski definition) is 2. The topological polar surface area (TPSA) is 89.4 Å². The highest BCUT2D eigenvalue weighted by atomic mass is 16.6. The molecular formula is C9H10N2O3. The molecule has 0 saturated heterocycles. The predicted molar refractivity (Wildman–Crippen MR) is 52.8 cm³/mol. The Morgan fingerprint density at radius 2 is 2.29 bits per heavy atom. The summed E-state index contributed by atoms with van der Waals surface area (Å²) in [6.45, 7) is 3.90. The Bertz CT molecular complexity index is 388. The zero-order valence-corrected chi connectivity index (χ0v) is 7.43. The number of nitro groups is 1. The van der Waals surface area contributed by atoms with E-state index in [0.29, 0.717) is 11.1 Å². The first-order valence-electron chi connectivity index (χ1n) is 3.92. The van der Waals surface area contributed by atoms with Crippen LogP contribution < -0.4 is 5.73 Å². The maximum Gasteiger partial charge on any atom is 0.310 e. The van der Waals surface area contributed by atoms with Crippen LogP contribution >= 0.6 is 0 Å². The zero-order chi connectivity index (χ0) is 10.7. The molecule has 14 heavy (non-hydrogen) atoms. The SMILES string of the molecule is C=C(CN)c1ccc([N+](=O)[O-])c(O)c1. The fourth-order valence-electron chi connectivity index (χ4n) is 1.02. The molecule has 0 saturated carbocycles. The Kier molecular flexibility index (Phi) is 2.83. The third-order valence-corrected chi connectivity index (χ3v) is 1.83. The highest BCUT2D eigenvalue weighted by molar-refractivity contribution is 5.68. The van der Waals surface area contributed by atoms with Gasteiger partial charge in [0, 0.05) is 12.6 Å². The lowest BCUT2D eigenvalue weighted by atomic mass is 10.1. The van der Waals surface area contributed by atoms with Crippen LogP contribution in [0.5, 0.6) is 5.75 Å². The molecule has 0 aliphatic rings. The molecule has 0 aromatic heterocycles. The Morgan fingerprint density at radius 1 is 1.64 bits per heavy atom. The van der Waals surface area contributed by atoms with Crippen molar-refractivity contribution in [1.29, 1.82) is 0 Å². The van der Waals surface area contributed by atoms with E-state index in [4.69, 9.17) is 5.73 Å². The molecule has 74 valence electrons. The van der Waals surface area contributed by atoms with Crippen LogP contribution in [0.15, 0.2) is 24.8 Å². The number of phenols is 1. The summed E-state index contributed by atoms with van der Waals surface area (Å²) < 4.78 is 0. The summed E-state index contributed by atoms with van der Waals surface area (Å²) in [5.41, 5.74) is 6.24. The Morgan fingerprint density at radius 3 is 2.71 bits per heavy atom. The quantitative estimate of drug-likeness (QED) is 0.560. The second kappa shape index (κ2) is 3.89. The van der Waals surface area contributed by atoms with Gasteiger partial charge in [-0.2, -0.15) is 0 Å². The molecule has 0 unspecified atom stereocenters. The standard InChI is InChI=1S/C9H10N2O3/c1-6(5-10)7-2-3-8(11(13)14)9(12)4-7/h2-4,12H,1,5,10H2. The fourth-order valence-corrected chi connectivity index (χ4v) is 1.02. The first-order valence-corrected chi connectivity index (χ1v) is 3.92. The van der Waals surface area contributed by atoms with Crippen molar-refractivity contribution in [3.8, 4) is 5.75 Å². The van der Waals surface area contributed by atoms with Gasteiger partial charge in [0.1, 0.15) is 0 Å². The number of hydrogen-bond acceptors (Lipinski definition) is 4. The predicted octanol–water partition coefficient (Wildman–Crippen LogP) is 1.27. The van der Waals surface area contributed by atoms with Crippen LogP contribution in [0.3, 0.4) is 0 Å². The lowest BCUT2D eigenvalue weighted by Gasteiger charge is -2.03. The van der Waals surface area contributed by atoms with Crippen molar-refractivity contribution in [3.63, 3.8) is 0 Å². The molecule has 5 nitrogen and oxygen atoms in total. The van der Waals surface area contributed by atoms with E-state index in [2.05, 4.69) is 6.58 Å². The van der Waals surface area contributed by atoms with E-state index in [0.717, 1.165) is 0 Å². The largest absolute Gasteiger partial charge is 0.502 e. The van der Waals surface area contributed by atoms with Gasteiger partial charge in [-0.15, -0.1) is 0 Å². The fraction of sp³-hybridized carbons (Fsp3) is 0.111. The Balaban J connectivity index is 3.12. The number of nitro benzene ring substituents is 1. The van der Waals surface area contributed by atoms with Crippen molar-refractivity contribution in [3.05, 3.63) is 40.5 Å². The van der Waals surface area contributed by atoms with E-state index in [9.17, 15) is 15.2 Å². The molecule has 0 atom stereocenters. The summed E-state index contributed by atoms with van der Waals surface area (Å²) in [6.07, 6.45) is 0. The van der Waals surface area contributed by atoms with Crippen LogP contribution in [-0.4, -0.2) is 16.6 Å². The van der Waals surface area contributed by atoms with Crippen LogP contribution in [-0.2, 0) is 0 Å². The van der Waals surface area contributed by atoms with Crippen molar-refractivity contribution in [2.75, 3.05) is 6.54 Å². The lowest BCUT2D eigenvalue weighted by Crippen LogP contribution is -2.01. The molecule has 0 aliphatic heterocycles. The number of aromatic hydroxyl groups is 1. The van der Waals surface area contributed by atoms with Crippen molar-refractivity contribution in [2.45, 2.75) is 0 Å². The number of rotatable bonds is 3. The molecule has 1 rings (SSSR count). The molecule has 0 amide bonds. The van der Waals surface area contributed by atoms with E-state index in [-0.39, 0.29) is 18.0 Å². The van der Waals surface area contributed by atoms with Gasteiger partial charge in [-0.25, -0.2) is 0 Å². The third-order valence-electron chi connectivity index (χ3n) is 1.83. The summed E-state index contributed by atoms with van der Waals surface area (Å²) in [5, 5.41) is 19.7. The minimum absolute atomic E-state index is 0.247. The molecule has 5 heteroatoms. The molecule has 1 aromatic carbocycles. The molecule has 3 N–H and O–H groups in total. The van der Waals surface area contributed by atoms with Crippen molar-refractivity contribution in [1.82, 2.24) is 0 Å². The Labute approximate surface area is 80.6 Å². The molecule has 0 aliphatic carbocycles. The maximum atomic E-state index is 10.4. The second-order valence-corrected chi connectivity index (χ2v) is 2.77. The van der Waals surface area contributed by atoms with Gasteiger partial charge in [-0.05, 0) is 23.3 Å².